The molecule has 1 heterocycles. The van der Waals surface area contributed by atoms with E-state index in [2.05, 4.69) is 26.2 Å². The van der Waals surface area contributed by atoms with Gasteiger partial charge >= 0.3 is 0 Å². The maximum absolute atomic E-state index is 13.6. The number of nitrogen functional groups attached to an aromatic ring is 1. The van der Waals surface area contributed by atoms with Crippen LogP contribution in [0.2, 0.25) is 0 Å². The van der Waals surface area contributed by atoms with Crippen molar-refractivity contribution in [3.8, 4) is 0 Å². The Kier molecular flexibility index (Phi) is 3.75. The van der Waals surface area contributed by atoms with E-state index in [-0.39, 0.29) is 0 Å². The van der Waals surface area contributed by atoms with Gasteiger partial charge in [0.05, 0.1) is 23.1 Å². The van der Waals surface area contributed by atoms with Gasteiger partial charge in [-0.25, -0.2) is 13.8 Å². The Morgan fingerprint density at radius 3 is 2.68 bits per heavy atom. The number of benzene rings is 1. The maximum atomic E-state index is 13.6. The fourth-order valence-electron chi connectivity index (χ4n) is 1.42. The lowest BCUT2D eigenvalue weighted by atomic mass is 10.1. The highest BCUT2D eigenvalue weighted by atomic mass is 79.9. The van der Waals surface area contributed by atoms with Gasteiger partial charge in [0.15, 0.2) is 5.82 Å². The van der Waals surface area contributed by atoms with E-state index in [1.807, 2.05) is 0 Å². The standard InChI is InChI=1S/C12H8BrF2N3O/c13-10-2-1-7(5-17-10)18-12(19)8-3-6(14)4-9(16)11(8)15/h1-5H,16H2,(H,18,19). The van der Waals surface area contributed by atoms with Crippen LogP contribution in [-0.2, 0) is 0 Å². The Bertz CT molecular complexity index is 632. The third kappa shape index (κ3) is 3.05. The first kappa shape index (κ1) is 13.4. The van der Waals surface area contributed by atoms with E-state index in [9.17, 15) is 13.6 Å². The number of anilines is 2. The summed E-state index contributed by atoms with van der Waals surface area (Å²) in [5.74, 6) is -2.53. The predicted molar refractivity (Wildman–Crippen MR) is 70.7 cm³/mol. The molecule has 0 fully saturated rings. The van der Waals surface area contributed by atoms with E-state index in [0.29, 0.717) is 10.3 Å². The van der Waals surface area contributed by atoms with Crippen molar-refractivity contribution in [1.29, 1.82) is 0 Å². The van der Waals surface area contributed by atoms with Crippen LogP contribution in [0.25, 0.3) is 0 Å². The molecular weight excluding hydrogens is 320 g/mol. The number of amides is 1. The first-order valence-corrected chi connectivity index (χ1v) is 5.94. The number of nitrogens with one attached hydrogen (secondary N) is 1. The molecular formula is C12H8BrF2N3O. The molecule has 0 aliphatic rings. The van der Waals surface area contributed by atoms with Crippen LogP contribution >= 0.6 is 15.9 Å². The minimum Gasteiger partial charge on any atom is -0.396 e. The number of nitrogens with zero attached hydrogens (tertiary/aromatic N) is 1. The SMILES string of the molecule is Nc1cc(F)cc(C(=O)Nc2ccc(Br)nc2)c1F. The average molecular weight is 328 g/mol. The number of carbonyl (C=O) groups is 1. The van der Waals surface area contributed by atoms with Crippen molar-refractivity contribution in [3.05, 3.63) is 52.3 Å². The van der Waals surface area contributed by atoms with Gasteiger partial charge in [-0.2, -0.15) is 0 Å². The molecule has 4 nitrogen and oxygen atoms in total. The number of aromatic nitrogens is 1. The lowest BCUT2D eigenvalue weighted by Crippen LogP contribution is -2.15. The molecule has 0 spiro atoms. The molecule has 1 aromatic carbocycles. The summed E-state index contributed by atoms with van der Waals surface area (Å²) in [7, 11) is 0. The summed E-state index contributed by atoms with van der Waals surface area (Å²) in [6, 6.07) is 4.77. The van der Waals surface area contributed by atoms with Crippen molar-refractivity contribution in [2.45, 2.75) is 0 Å². The van der Waals surface area contributed by atoms with Gasteiger partial charge < -0.3 is 11.1 Å². The van der Waals surface area contributed by atoms with Gasteiger partial charge in [-0.3, -0.25) is 4.79 Å². The number of hydrogen-bond donors (Lipinski definition) is 2. The largest absolute Gasteiger partial charge is 0.396 e. The minimum absolute atomic E-state index is 0.357. The zero-order chi connectivity index (χ0) is 14.0. The van der Waals surface area contributed by atoms with Gasteiger partial charge in [0.2, 0.25) is 0 Å². The first-order valence-electron chi connectivity index (χ1n) is 5.15. The molecule has 0 saturated heterocycles. The number of carbonyl (C=O) groups excluding carboxylic acids is 1. The van der Waals surface area contributed by atoms with Crippen LogP contribution in [-0.4, -0.2) is 10.9 Å². The van der Waals surface area contributed by atoms with Crippen molar-refractivity contribution >= 4 is 33.2 Å². The van der Waals surface area contributed by atoms with Gasteiger partial charge in [0, 0.05) is 0 Å². The zero-order valence-electron chi connectivity index (χ0n) is 9.45. The highest BCUT2D eigenvalue weighted by molar-refractivity contribution is 9.10. The number of pyridine rings is 1. The normalized spacial score (nSPS) is 10.3. The second kappa shape index (κ2) is 5.31. The third-order valence-electron chi connectivity index (χ3n) is 2.30. The van der Waals surface area contributed by atoms with E-state index in [4.69, 9.17) is 5.73 Å². The van der Waals surface area contributed by atoms with Crippen LogP contribution in [0.5, 0.6) is 0 Å². The topological polar surface area (TPSA) is 68.0 Å². The van der Waals surface area contributed by atoms with Crippen LogP contribution in [0.4, 0.5) is 20.2 Å². The van der Waals surface area contributed by atoms with Gasteiger partial charge in [-0.05, 0) is 40.2 Å². The Morgan fingerprint density at radius 1 is 1.32 bits per heavy atom. The molecule has 0 bridgehead atoms. The summed E-state index contributed by atoms with van der Waals surface area (Å²) in [5, 5.41) is 2.40. The quantitative estimate of drug-likeness (QED) is 0.658. The molecule has 7 heteroatoms. The number of halogens is 3. The van der Waals surface area contributed by atoms with E-state index in [0.717, 1.165) is 12.1 Å². The average Bonchev–Trinajstić information content (AvgIpc) is 2.36. The van der Waals surface area contributed by atoms with E-state index in [1.54, 1.807) is 12.1 Å². The Balaban J connectivity index is 2.27. The summed E-state index contributed by atoms with van der Waals surface area (Å²) < 4.78 is 27.3. The second-order valence-corrected chi connectivity index (χ2v) is 4.49. The summed E-state index contributed by atoms with van der Waals surface area (Å²) >= 11 is 3.14. The van der Waals surface area contributed by atoms with E-state index < -0.39 is 28.8 Å². The summed E-state index contributed by atoms with van der Waals surface area (Å²) in [6.07, 6.45) is 1.38. The Morgan fingerprint density at radius 2 is 2.05 bits per heavy atom. The lowest BCUT2D eigenvalue weighted by molar-refractivity contribution is 0.102. The second-order valence-electron chi connectivity index (χ2n) is 3.68. The van der Waals surface area contributed by atoms with Crippen LogP contribution in [0.1, 0.15) is 10.4 Å². The first-order chi connectivity index (χ1) is 8.97. The molecule has 0 unspecified atom stereocenters. The van der Waals surface area contributed by atoms with Crippen molar-refractivity contribution in [2.75, 3.05) is 11.1 Å². The molecule has 0 atom stereocenters. The van der Waals surface area contributed by atoms with Crippen molar-refractivity contribution in [3.63, 3.8) is 0 Å². The number of nitrogens with two attached hydrogens (primary N) is 1. The molecule has 0 aliphatic heterocycles. The minimum atomic E-state index is -0.955. The summed E-state index contributed by atoms with van der Waals surface area (Å²) in [4.78, 5) is 15.7. The Hall–Kier alpha value is -2.02. The summed E-state index contributed by atoms with van der Waals surface area (Å²) in [6.45, 7) is 0. The van der Waals surface area contributed by atoms with Crippen LogP contribution in [0, 0.1) is 11.6 Å². The van der Waals surface area contributed by atoms with Gasteiger partial charge in [0.25, 0.3) is 5.91 Å². The highest BCUT2D eigenvalue weighted by Gasteiger charge is 2.16. The molecule has 2 rings (SSSR count). The fraction of sp³-hybridized carbons (Fsp3) is 0. The third-order valence-corrected chi connectivity index (χ3v) is 2.76. The lowest BCUT2D eigenvalue weighted by Gasteiger charge is -2.07. The van der Waals surface area contributed by atoms with E-state index in [1.165, 1.54) is 6.20 Å². The van der Waals surface area contributed by atoms with Crippen LogP contribution < -0.4 is 11.1 Å². The van der Waals surface area contributed by atoms with Gasteiger partial charge in [0.1, 0.15) is 10.4 Å². The van der Waals surface area contributed by atoms with Gasteiger partial charge in [-0.15, -0.1) is 0 Å². The maximum Gasteiger partial charge on any atom is 0.258 e. The van der Waals surface area contributed by atoms with Crippen molar-refractivity contribution in [2.24, 2.45) is 0 Å². The fourth-order valence-corrected chi connectivity index (χ4v) is 1.66. The van der Waals surface area contributed by atoms with Crippen molar-refractivity contribution < 1.29 is 13.6 Å². The van der Waals surface area contributed by atoms with Crippen LogP contribution in [0.15, 0.2) is 35.1 Å². The van der Waals surface area contributed by atoms with Crippen LogP contribution in [0.3, 0.4) is 0 Å². The zero-order valence-corrected chi connectivity index (χ0v) is 11.0. The molecule has 3 N–H and O–H groups in total. The molecule has 1 amide bonds. The molecule has 0 radical (unpaired) electrons. The van der Waals surface area contributed by atoms with Crippen molar-refractivity contribution in [1.82, 2.24) is 4.98 Å². The molecule has 19 heavy (non-hydrogen) atoms. The summed E-state index contributed by atoms with van der Waals surface area (Å²) in [5.41, 5.74) is 4.74. The highest BCUT2D eigenvalue weighted by Crippen LogP contribution is 2.19. The molecule has 98 valence electrons. The van der Waals surface area contributed by atoms with E-state index >= 15 is 0 Å². The number of rotatable bonds is 2. The molecule has 2 aromatic rings. The predicted octanol–water partition coefficient (Wildman–Crippen LogP) is 2.96. The molecule has 1 aromatic heterocycles. The number of hydrogen-bond acceptors (Lipinski definition) is 3. The smallest absolute Gasteiger partial charge is 0.258 e. The monoisotopic (exact) mass is 327 g/mol. The Labute approximate surface area is 115 Å². The van der Waals surface area contributed by atoms with Gasteiger partial charge in [-0.1, -0.05) is 0 Å². The molecule has 0 saturated carbocycles. The molecule has 0 aliphatic carbocycles.